The SMILES string of the molecule is O=C(Nc1ccc(F)c(Cl)c1)c1cccn(Cc2c(F)cccc2Cl)c1=O. The third-order valence-corrected chi connectivity index (χ3v) is 4.48. The van der Waals surface area contributed by atoms with Crippen molar-refractivity contribution in [2.45, 2.75) is 6.54 Å². The van der Waals surface area contributed by atoms with Crippen molar-refractivity contribution in [1.29, 1.82) is 0 Å². The molecule has 0 fully saturated rings. The third kappa shape index (κ3) is 4.18. The molecule has 27 heavy (non-hydrogen) atoms. The Balaban J connectivity index is 1.89. The topological polar surface area (TPSA) is 51.1 Å². The summed E-state index contributed by atoms with van der Waals surface area (Å²) < 4.78 is 28.3. The molecular weight excluding hydrogens is 397 g/mol. The fourth-order valence-electron chi connectivity index (χ4n) is 2.46. The Morgan fingerprint density at radius 3 is 2.48 bits per heavy atom. The van der Waals surface area contributed by atoms with Crippen LogP contribution in [0.25, 0.3) is 0 Å². The van der Waals surface area contributed by atoms with Gasteiger partial charge >= 0.3 is 0 Å². The predicted molar refractivity (Wildman–Crippen MR) is 101 cm³/mol. The van der Waals surface area contributed by atoms with Crippen molar-refractivity contribution < 1.29 is 13.6 Å². The normalized spacial score (nSPS) is 10.7. The summed E-state index contributed by atoms with van der Waals surface area (Å²) in [6.07, 6.45) is 1.43. The Morgan fingerprint density at radius 2 is 1.78 bits per heavy atom. The minimum atomic E-state index is -0.698. The molecule has 4 nitrogen and oxygen atoms in total. The number of carbonyl (C=O) groups excluding carboxylic acids is 1. The summed E-state index contributed by atoms with van der Waals surface area (Å²) in [7, 11) is 0. The van der Waals surface area contributed by atoms with Crippen LogP contribution in [0.2, 0.25) is 10.0 Å². The molecule has 0 spiro atoms. The molecule has 0 atom stereocenters. The zero-order valence-corrected chi connectivity index (χ0v) is 15.2. The molecule has 2 aromatic carbocycles. The van der Waals surface area contributed by atoms with Crippen molar-refractivity contribution in [2.24, 2.45) is 0 Å². The first-order valence-corrected chi connectivity index (χ1v) is 8.51. The van der Waals surface area contributed by atoms with Gasteiger partial charge in [0.25, 0.3) is 11.5 Å². The Morgan fingerprint density at radius 1 is 1.00 bits per heavy atom. The maximum atomic E-state index is 14.0. The molecule has 1 heterocycles. The molecule has 3 aromatic rings. The standard InChI is InChI=1S/C19H12Cl2F2N2O2/c20-14-4-1-5-16(22)13(14)10-25-8-2-3-12(19(25)27)18(26)24-11-6-7-17(23)15(21)9-11/h1-9H,10H2,(H,24,26). The number of benzene rings is 2. The van der Waals surface area contributed by atoms with Crippen LogP contribution in [0.3, 0.4) is 0 Å². The van der Waals surface area contributed by atoms with Crippen molar-refractivity contribution in [3.8, 4) is 0 Å². The predicted octanol–water partition coefficient (Wildman–Crippen LogP) is 4.73. The molecule has 0 aliphatic heterocycles. The highest BCUT2D eigenvalue weighted by atomic mass is 35.5. The summed E-state index contributed by atoms with van der Waals surface area (Å²) in [6.45, 7) is -0.131. The fourth-order valence-corrected chi connectivity index (χ4v) is 2.86. The highest BCUT2D eigenvalue weighted by Crippen LogP contribution is 2.21. The average Bonchev–Trinajstić information content (AvgIpc) is 2.62. The van der Waals surface area contributed by atoms with Crippen LogP contribution in [0, 0.1) is 11.6 Å². The lowest BCUT2D eigenvalue weighted by atomic mass is 10.2. The van der Waals surface area contributed by atoms with Gasteiger partial charge in [0.1, 0.15) is 17.2 Å². The lowest BCUT2D eigenvalue weighted by Crippen LogP contribution is -2.29. The number of nitrogens with zero attached hydrogens (tertiary/aromatic N) is 1. The second-order valence-electron chi connectivity index (χ2n) is 5.64. The van der Waals surface area contributed by atoms with E-state index in [0.29, 0.717) is 0 Å². The van der Waals surface area contributed by atoms with Crippen molar-refractivity contribution in [1.82, 2.24) is 4.57 Å². The van der Waals surface area contributed by atoms with Gasteiger partial charge in [0.15, 0.2) is 0 Å². The van der Waals surface area contributed by atoms with Crippen LogP contribution >= 0.6 is 23.2 Å². The van der Waals surface area contributed by atoms with Crippen molar-refractivity contribution in [3.63, 3.8) is 0 Å². The second kappa shape index (κ2) is 7.90. The third-order valence-electron chi connectivity index (χ3n) is 3.83. The monoisotopic (exact) mass is 408 g/mol. The smallest absolute Gasteiger partial charge is 0.263 e. The van der Waals surface area contributed by atoms with Gasteiger partial charge in [0, 0.05) is 22.5 Å². The Bertz CT molecular complexity index is 1060. The van der Waals surface area contributed by atoms with Gasteiger partial charge < -0.3 is 9.88 Å². The fraction of sp³-hybridized carbons (Fsp3) is 0.0526. The molecule has 0 saturated carbocycles. The van der Waals surface area contributed by atoms with Crippen LogP contribution in [0.4, 0.5) is 14.5 Å². The van der Waals surface area contributed by atoms with Crippen LogP contribution in [-0.2, 0) is 6.54 Å². The molecule has 0 aliphatic rings. The van der Waals surface area contributed by atoms with Crippen LogP contribution in [0.15, 0.2) is 59.5 Å². The lowest BCUT2D eigenvalue weighted by molar-refractivity contribution is 0.102. The molecule has 138 valence electrons. The van der Waals surface area contributed by atoms with E-state index in [2.05, 4.69) is 5.32 Å². The van der Waals surface area contributed by atoms with Gasteiger partial charge in [0.2, 0.25) is 0 Å². The first kappa shape index (κ1) is 19.1. The average molecular weight is 409 g/mol. The van der Waals surface area contributed by atoms with E-state index in [9.17, 15) is 18.4 Å². The quantitative estimate of drug-likeness (QED) is 0.677. The lowest BCUT2D eigenvalue weighted by Gasteiger charge is -2.11. The molecule has 0 aliphatic carbocycles. The van der Waals surface area contributed by atoms with Gasteiger partial charge in [-0.15, -0.1) is 0 Å². The van der Waals surface area contributed by atoms with Crippen molar-refractivity contribution in [2.75, 3.05) is 5.32 Å². The van der Waals surface area contributed by atoms with Crippen LogP contribution in [-0.4, -0.2) is 10.5 Å². The molecule has 8 heteroatoms. The number of carbonyl (C=O) groups is 1. The molecule has 0 unspecified atom stereocenters. The molecule has 3 rings (SSSR count). The zero-order chi connectivity index (χ0) is 19.6. The second-order valence-corrected chi connectivity index (χ2v) is 6.45. The Kier molecular flexibility index (Phi) is 5.58. The van der Waals surface area contributed by atoms with E-state index in [1.54, 1.807) is 0 Å². The number of nitrogens with one attached hydrogen (secondary N) is 1. The van der Waals surface area contributed by atoms with Gasteiger partial charge in [-0.2, -0.15) is 0 Å². The minimum absolute atomic E-state index is 0.131. The van der Waals surface area contributed by atoms with Crippen molar-refractivity contribution in [3.05, 3.63) is 97.9 Å². The Hall–Kier alpha value is -2.70. The first-order chi connectivity index (χ1) is 12.9. The van der Waals surface area contributed by atoms with E-state index >= 15 is 0 Å². The van der Waals surface area contributed by atoms with E-state index in [1.807, 2.05) is 0 Å². The number of aromatic nitrogens is 1. The van der Waals surface area contributed by atoms with E-state index in [0.717, 1.165) is 6.07 Å². The highest BCUT2D eigenvalue weighted by molar-refractivity contribution is 6.31. The number of hydrogen-bond donors (Lipinski definition) is 1. The summed E-state index contributed by atoms with van der Waals surface area (Å²) in [5, 5.41) is 2.50. The number of hydrogen-bond acceptors (Lipinski definition) is 2. The first-order valence-electron chi connectivity index (χ1n) is 7.75. The van der Waals surface area contributed by atoms with Gasteiger partial charge in [-0.05, 0) is 42.5 Å². The van der Waals surface area contributed by atoms with E-state index < -0.39 is 23.1 Å². The van der Waals surface area contributed by atoms with Gasteiger partial charge in [-0.1, -0.05) is 29.3 Å². The van der Waals surface area contributed by atoms with Gasteiger partial charge in [0.05, 0.1) is 11.6 Å². The molecule has 0 radical (unpaired) electrons. The molecule has 0 saturated heterocycles. The summed E-state index contributed by atoms with van der Waals surface area (Å²) in [5.41, 5.74) is -0.407. The van der Waals surface area contributed by atoms with Crippen LogP contribution in [0.1, 0.15) is 15.9 Å². The minimum Gasteiger partial charge on any atom is -0.322 e. The molecule has 1 aromatic heterocycles. The number of pyridine rings is 1. The van der Waals surface area contributed by atoms with Crippen LogP contribution in [0.5, 0.6) is 0 Å². The largest absolute Gasteiger partial charge is 0.322 e. The number of anilines is 1. The van der Waals surface area contributed by atoms with E-state index in [4.69, 9.17) is 23.2 Å². The maximum Gasteiger partial charge on any atom is 0.263 e. The van der Waals surface area contributed by atoms with E-state index in [1.165, 1.54) is 53.2 Å². The summed E-state index contributed by atoms with van der Waals surface area (Å²) in [6, 6.07) is 10.7. The molecule has 0 bridgehead atoms. The Labute approximate surface area is 163 Å². The number of amides is 1. The molecule has 1 N–H and O–H groups in total. The molecule has 1 amide bonds. The van der Waals surface area contributed by atoms with Crippen molar-refractivity contribution >= 4 is 34.8 Å². The van der Waals surface area contributed by atoms with Crippen LogP contribution < -0.4 is 10.9 Å². The van der Waals surface area contributed by atoms with Gasteiger partial charge in [-0.3, -0.25) is 9.59 Å². The summed E-state index contributed by atoms with van der Waals surface area (Å²) in [4.78, 5) is 25.0. The highest BCUT2D eigenvalue weighted by Gasteiger charge is 2.15. The zero-order valence-electron chi connectivity index (χ0n) is 13.7. The molecular formula is C19H12Cl2F2N2O2. The maximum absolute atomic E-state index is 14.0. The summed E-state index contributed by atoms with van der Waals surface area (Å²) in [5.74, 6) is -1.87. The number of rotatable bonds is 4. The van der Waals surface area contributed by atoms with Gasteiger partial charge in [-0.25, -0.2) is 8.78 Å². The summed E-state index contributed by atoms with van der Waals surface area (Å²) >= 11 is 11.7. The van der Waals surface area contributed by atoms with E-state index in [-0.39, 0.29) is 33.4 Å². The number of halogens is 4.